The number of benzene rings is 4. The first kappa shape index (κ1) is 32.0. The van der Waals surface area contributed by atoms with Gasteiger partial charge in [-0.2, -0.15) is 0 Å². The second kappa shape index (κ2) is 15.1. The van der Waals surface area contributed by atoms with E-state index >= 15 is 0 Å². The van der Waals surface area contributed by atoms with E-state index in [1.54, 1.807) is 36.4 Å². The number of hydrogen-bond donors (Lipinski definition) is 3. The number of nitrogens with zero attached hydrogens (tertiary/aromatic N) is 4. The molecule has 0 aromatic heterocycles. The monoisotopic (exact) mass is 688 g/mol. The summed E-state index contributed by atoms with van der Waals surface area (Å²) in [5.74, 6) is 0.439. The summed E-state index contributed by atoms with van der Waals surface area (Å²) >= 11 is 9.99. The van der Waals surface area contributed by atoms with Crippen LogP contribution in [0, 0.1) is 0 Å². The number of aliphatic imine (C=N–C) groups is 1. The lowest BCUT2D eigenvalue weighted by Crippen LogP contribution is -2.53. The molecule has 0 spiro atoms. The van der Waals surface area contributed by atoms with Crippen molar-refractivity contribution in [1.82, 2.24) is 10.9 Å². The van der Waals surface area contributed by atoms with Crippen molar-refractivity contribution in [3.05, 3.63) is 139 Å². The van der Waals surface area contributed by atoms with Gasteiger partial charge in [0.2, 0.25) is 5.90 Å². The smallest absolute Gasteiger partial charge is 0.266 e. The van der Waals surface area contributed by atoms with Gasteiger partial charge < -0.3 is 14.6 Å². The topological polar surface area (TPSA) is 141 Å². The van der Waals surface area contributed by atoms with Crippen molar-refractivity contribution < 1.29 is 19.4 Å². The van der Waals surface area contributed by atoms with Gasteiger partial charge >= 0.3 is 0 Å². The number of hydrogen-bond acceptors (Lipinski definition) is 7. The number of nitrogens with one attached hydrogen (secondary N) is 2. The lowest BCUT2D eigenvalue weighted by atomic mass is 9.81. The highest BCUT2D eigenvalue weighted by atomic mass is 79.9. The molecule has 0 radical (unpaired) electrons. The molecule has 4 aromatic rings. The van der Waals surface area contributed by atoms with Gasteiger partial charge in [0.05, 0.1) is 6.61 Å². The first-order valence-corrected chi connectivity index (χ1v) is 15.4. The second-order valence-electron chi connectivity index (χ2n) is 10.2. The number of halogens is 2. The summed E-state index contributed by atoms with van der Waals surface area (Å²) < 4.78 is 13.0. The Morgan fingerprint density at radius 3 is 2.49 bits per heavy atom. The predicted octanol–water partition coefficient (Wildman–Crippen LogP) is 7.13. The van der Waals surface area contributed by atoms with Crippen LogP contribution in [0.1, 0.15) is 34.8 Å². The third-order valence-electron chi connectivity index (χ3n) is 7.26. The molecule has 1 aliphatic rings. The zero-order chi connectivity index (χ0) is 31.6. The standard InChI is InChI=1S/C33H30BrClN6O4/c34-27-11-4-3-10-26(27)30-33(20-23-8-2-6-13-29(23)39-41-36,32(43)40-37-21-24-9-1-5-12-28(24)35)38-31(45-30)22-14-16-25(17-15-22)44-19-7-18-42/h1-6,8-17,30,37,42H,7,18-21H2,(H,40,43)/t30-,33-/m0/s1. The zero-order valence-electron chi connectivity index (χ0n) is 24.1. The van der Waals surface area contributed by atoms with Crippen molar-refractivity contribution in [1.29, 1.82) is 0 Å². The highest BCUT2D eigenvalue weighted by molar-refractivity contribution is 9.10. The number of aliphatic hydroxyl groups is 1. The van der Waals surface area contributed by atoms with Crippen LogP contribution < -0.4 is 15.6 Å². The number of carbonyl (C=O) groups excluding carboxylic acids is 1. The van der Waals surface area contributed by atoms with E-state index in [0.717, 1.165) is 10.0 Å². The van der Waals surface area contributed by atoms with Crippen LogP contribution in [0.5, 0.6) is 5.75 Å². The molecule has 1 amide bonds. The van der Waals surface area contributed by atoms with Crippen LogP contribution in [0.3, 0.4) is 0 Å². The molecule has 2 atom stereocenters. The average molecular weight is 690 g/mol. The van der Waals surface area contributed by atoms with Crippen LogP contribution in [-0.4, -0.2) is 35.7 Å². The molecule has 0 fully saturated rings. The molecule has 4 aromatic carbocycles. The van der Waals surface area contributed by atoms with E-state index in [9.17, 15) is 10.3 Å². The molecule has 12 heteroatoms. The van der Waals surface area contributed by atoms with E-state index in [0.29, 0.717) is 46.2 Å². The van der Waals surface area contributed by atoms with E-state index in [1.807, 2.05) is 60.7 Å². The zero-order valence-corrected chi connectivity index (χ0v) is 26.4. The van der Waals surface area contributed by atoms with Gasteiger partial charge in [-0.3, -0.25) is 10.2 Å². The van der Waals surface area contributed by atoms with Crippen molar-refractivity contribution in [2.45, 2.75) is 31.0 Å². The van der Waals surface area contributed by atoms with Crippen LogP contribution in [0.25, 0.3) is 10.4 Å². The van der Waals surface area contributed by atoms with Crippen LogP contribution >= 0.6 is 27.5 Å². The number of hydrazine groups is 1. The Hall–Kier alpha value is -4.38. The molecule has 0 unspecified atom stereocenters. The molecule has 3 N–H and O–H groups in total. The summed E-state index contributed by atoms with van der Waals surface area (Å²) in [5.41, 5.74) is 16.7. The Bertz CT molecular complexity index is 1730. The van der Waals surface area contributed by atoms with Crippen molar-refractivity contribution >= 4 is 45.0 Å². The van der Waals surface area contributed by atoms with Crippen molar-refractivity contribution in [3.8, 4) is 5.75 Å². The number of azide groups is 1. The molecule has 1 heterocycles. The van der Waals surface area contributed by atoms with Crippen molar-refractivity contribution in [2.24, 2.45) is 10.1 Å². The molecule has 10 nitrogen and oxygen atoms in total. The Morgan fingerprint density at radius 2 is 1.76 bits per heavy atom. The molecule has 1 aliphatic heterocycles. The fourth-order valence-electron chi connectivity index (χ4n) is 5.01. The maximum atomic E-state index is 14.4. The lowest BCUT2D eigenvalue weighted by molar-refractivity contribution is -0.130. The van der Waals surface area contributed by atoms with Gasteiger partial charge in [-0.1, -0.05) is 93.3 Å². The largest absolute Gasteiger partial charge is 0.494 e. The Morgan fingerprint density at radius 1 is 1.04 bits per heavy atom. The second-order valence-corrected chi connectivity index (χ2v) is 11.5. The number of aliphatic hydroxyl groups excluding tert-OH is 1. The molecule has 0 aliphatic carbocycles. The van der Waals surface area contributed by atoms with Gasteiger partial charge in [0.15, 0.2) is 11.6 Å². The van der Waals surface area contributed by atoms with Gasteiger partial charge in [-0.15, -0.1) is 0 Å². The fraction of sp³-hybridized carbons (Fsp3) is 0.212. The van der Waals surface area contributed by atoms with E-state index in [4.69, 9.17) is 31.2 Å². The van der Waals surface area contributed by atoms with Crippen LogP contribution in [0.15, 0.2) is 112 Å². The Labute approximate surface area is 273 Å². The van der Waals surface area contributed by atoms with Gasteiger partial charge in [0.1, 0.15) is 5.75 Å². The fourth-order valence-corrected chi connectivity index (χ4v) is 5.71. The molecule has 230 valence electrons. The van der Waals surface area contributed by atoms with Gasteiger partial charge in [0, 0.05) is 57.2 Å². The first-order valence-electron chi connectivity index (χ1n) is 14.2. The van der Waals surface area contributed by atoms with Crippen molar-refractivity contribution in [2.75, 3.05) is 13.2 Å². The molecule has 0 bridgehead atoms. The van der Waals surface area contributed by atoms with Crippen LogP contribution in [-0.2, 0) is 22.5 Å². The quantitative estimate of drug-likeness (QED) is 0.0451. The molecule has 45 heavy (non-hydrogen) atoms. The lowest BCUT2D eigenvalue weighted by Gasteiger charge is -2.31. The SMILES string of the molecule is [N-]=[N+]=Nc1ccccc1C[C@]1(C(=O)NNCc2ccccc2Cl)N=C(c2ccc(OCCCO)cc2)O[C@H]1c1ccccc1Br. The third kappa shape index (κ3) is 7.47. The van der Waals surface area contributed by atoms with E-state index in [2.05, 4.69) is 36.8 Å². The van der Waals surface area contributed by atoms with Crippen LogP contribution in [0.4, 0.5) is 5.69 Å². The maximum absolute atomic E-state index is 14.4. The minimum atomic E-state index is -1.54. The number of carbonyl (C=O) groups is 1. The minimum absolute atomic E-state index is 0.0410. The first-order chi connectivity index (χ1) is 21.9. The van der Waals surface area contributed by atoms with Crippen LogP contribution in [0.2, 0.25) is 5.02 Å². The molecular weight excluding hydrogens is 660 g/mol. The molecular formula is C33H30BrClN6O4. The highest BCUT2D eigenvalue weighted by Crippen LogP contribution is 2.45. The summed E-state index contributed by atoms with van der Waals surface area (Å²) in [4.78, 5) is 22.4. The van der Waals surface area contributed by atoms with E-state index in [1.165, 1.54) is 0 Å². The summed E-state index contributed by atoms with van der Waals surface area (Å²) in [5, 5.41) is 13.5. The molecule has 0 saturated heterocycles. The molecule has 5 rings (SSSR count). The summed E-state index contributed by atoms with van der Waals surface area (Å²) in [7, 11) is 0. The normalized spacial score (nSPS) is 17.1. The van der Waals surface area contributed by atoms with Gasteiger partial charge in [0.25, 0.3) is 5.91 Å². The summed E-state index contributed by atoms with van der Waals surface area (Å²) in [6.45, 7) is 0.692. The summed E-state index contributed by atoms with van der Waals surface area (Å²) in [6.07, 6.45) is -0.297. The molecule has 0 saturated carbocycles. The highest BCUT2D eigenvalue weighted by Gasteiger charge is 2.54. The minimum Gasteiger partial charge on any atom is -0.494 e. The van der Waals surface area contributed by atoms with Crippen molar-refractivity contribution in [3.63, 3.8) is 0 Å². The number of rotatable bonds is 13. The summed E-state index contributed by atoms with van der Waals surface area (Å²) in [6, 6.07) is 29.1. The van der Waals surface area contributed by atoms with Gasteiger partial charge in [-0.05, 0) is 53.1 Å². The van der Waals surface area contributed by atoms with E-state index < -0.39 is 17.6 Å². The third-order valence-corrected chi connectivity index (χ3v) is 8.35. The van der Waals surface area contributed by atoms with Gasteiger partial charge in [-0.25, -0.2) is 10.4 Å². The number of ether oxygens (including phenoxy) is 2. The Kier molecular flexibility index (Phi) is 10.7. The average Bonchev–Trinajstić information content (AvgIpc) is 3.44. The predicted molar refractivity (Wildman–Crippen MR) is 176 cm³/mol. The Balaban J connectivity index is 1.57. The maximum Gasteiger partial charge on any atom is 0.266 e. The van der Waals surface area contributed by atoms with E-state index in [-0.39, 0.29) is 25.5 Å². The number of amides is 1.